The third-order valence-electron chi connectivity index (χ3n) is 7.43. The van der Waals surface area contributed by atoms with E-state index in [0.29, 0.717) is 40.2 Å². The lowest BCUT2D eigenvalue weighted by atomic mass is 9.94. The lowest BCUT2D eigenvalue weighted by Crippen LogP contribution is -2.40. The largest absolute Gasteiger partial charge is 0.497 e. The van der Waals surface area contributed by atoms with Crippen molar-refractivity contribution in [3.63, 3.8) is 0 Å². The number of aromatic nitrogens is 3. The predicted octanol–water partition coefficient (Wildman–Crippen LogP) is 6.81. The molecule has 9 nitrogen and oxygen atoms in total. The molecule has 0 bridgehead atoms. The second-order valence-electron chi connectivity index (χ2n) is 10.7. The molecule has 4 heterocycles. The number of fused-ring (bicyclic) bond motifs is 1. The van der Waals surface area contributed by atoms with Gasteiger partial charge in [0.15, 0.2) is 15.1 Å². The van der Waals surface area contributed by atoms with Crippen LogP contribution in [0.25, 0.3) is 17.3 Å². The van der Waals surface area contributed by atoms with Crippen LogP contribution in [0.15, 0.2) is 109 Å². The minimum atomic E-state index is -4.68. The van der Waals surface area contributed by atoms with Crippen LogP contribution in [0, 0.1) is 0 Å². The maximum absolute atomic E-state index is 14.1. The van der Waals surface area contributed by atoms with Gasteiger partial charge in [0.1, 0.15) is 17.2 Å². The Morgan fingerprint density at radius 2 is 1.86 bits per heavy atom. The van der Waals surface area contributed by atoms with Crippen LogP contribution >= 0.6 is 23.1 Å². The summed E-state index contributed by atoms with van der Waals surface area (Å²) in [4.78, 5) is 40.6. The maximum atomic E-state index is 14.1. The molecule has 5 aromatic rings. The number of carbonyl (C=O) groups is 1. The van der Waals surface area contributed by atoms with Crippen LogP contribution in [-0.4, -0.2) is 34.2 Å². The number of hydrogen-bond acceptors (Lipinski definition) is 10. The summed E-state index contributed by atoms with van der Waals surface area (Å²) in [7, 11) is 1.53. The number of thiazole rings is 1. The first kappa shape index (κ1) is 33.9. The highest BCUT2D eigenvalue weighted by atomic mass is 32.2. The molecule has 0 fully saturated rings. The zero-order valence-electron chi connectivity index (χ0n) is 26.5. The molecule has 6 rings (SSSR count). The molecule has 2 aromatic carbocycles. The molecule has 1 aliphatic rings. The Morgan fingerprint density at radius 1 is 1.06 bits per heavy atom. The molecule has 0 aliphatic carbocycles. The van der Waals surface area contributed by atoms with Gasteiger partial charge >= 0.3 is 12.1 Å². The number of esters is 1. The normalized spacial score (nSPS) is 14.8. The summed E-state index contributed by atoms with van der Waals surface area (Å²) in [5.41, 5.74) is 0.603. The van der Waals surface area contributed by atoms with E-state index in [2.05, 4.69) is 9.97 Å². The van der Waals surface area contributed by atoms with Gasteiger partial charge in [0.25, 0.3) is 5.56 Å². The van der Waals surface area contributed by atoms with Crippen LogP contribution in [0.5, 0.6) is 5.75 Å². The fourth-order valence-electron chi connectivity index (χ4n) is 5.31. The van der Waals surface area contributed by atoms with E-state index >= 15 is 0 Å². The number of alkyl halides is 3. The molecular formula is C35H29F3N4O5S2. The molecule has 14 heteroatoms. The zero-order chi connectivity index (χ0) is 34.7. The molecule has 0 amide bonds. The molecule has 49 heavy (non-hydrogen) atoms. The van der Waals surface area contributed by atoms with Gasteiger partial charge in [-0.25, -0.2) is 19.8 Å². The van der Waals surface area contributed by atoms with Crippen LogP contribution in [0.1, 0.15) is 49.7 Å². The van der Waals surface area contributed by atoms with Crippen LogP contribution in [0.2, 0.25) is 0 Å². The van der Waals surface area contributed by atoms with Crippen molar-refractivity contribution in [2.75, 3.05) is 13.7 Å². The highest BCUT2D eigenvalue weighted by Gasteiger charge is 2.35. The monoisotopic (exact) mass is 706 g/mol. The smallest absolute Gasteiger partial charge is 0.433 e. The SMILES string of the molecule is CCCC1=C(C(=O)OCC)[C@H](c2cccc(OC)c2)n2c(s/c(=C/c3ccc(Sc4nc(-c5ccccc5)cc(C(F)(F)F)n4)o3)c2=O)=N1. The number of hydrogen-bond donors (Lipinski definition) is 0. The van der Waals surface area contributed by atoms with E-state index in [1.807, 2.05) is 13.0 Å². The lowest BCUT2D eigenvalue weighted by molar-refractivity contribution is -0.141. The number of rotatable bonds is 10. The third-order valence-corrected chi connectivity index (χ3v) is 9.20. The molecule has 0 unspecified atom stereocenters. The van der Waals surface area contributed by atoms with Gasteiger partial charge < -0.3 is 13.9 Å². The van der Waals surface area contributed by atoms with Crippen molar-refractivity contribution in [3.8, 4) is 17.0 Å². The van der Waals surface area contributed by atoms with Gasteiger partial charge in [0.2, 0.25) is 0 Å². The van der Waals surface area contributed by atoms with Gasteiger partial charge in [-0.3, -0.25) is 9.36 Å². The van der Waals surface area contributed by atoms with Crippen molar-refractivity contribution in [2.45, 2.75) is 49.2 Å². The molecule has 0 saturated heterocycles. The van der Waals surface area contributed by atoms with E-state index in [0.717, 1.165) is 29.2 Å². The molecule has 1 aliphatic heterocycles. The molecule has 0 saturated carbocycles. The summed E-state index contributed by atoms with van der Waals surface area (Å²) in [6, 6.07) is 18.9. The second-order valence-corrected chi connectivity index (χ2v) is 12.7. The van der Waals surface area contributed by atoms with Crippen LogP contribution in [-0.2, 0) is 15.7 Å². The van der Waals surface area contributed by atoms with E-state index in [-0.39, 0.29) is 38.4 Å². The Balaban J connectivity index is 1.40. The summed E-state index contributed by atoms with van der Waals surface area (Å²) >= 11 is 1.96. The number of benzene rings is 2. The molecule has 3 aromatic heterocycles. The number of methoxy groups -OCH3 is 1. The molecule has 252 valence electrons. The van der Waals surface area contributed by atoms with E-state index in [9.17, 15) is 22.8 Å². The highest BCUT2D eigenvalue weighted by Crippen LogP contribution is 2.36. The van der Waals surface area contributed by atoms with Gasteiger partial charge in [0.05, 0.1) is 41.3 Å². The van der Waals surface area contributed by atoms with Crippen molar-refractivity contribution in [3.05, 3.63) is 121 Å². The number of ether oxygens (including phenoxy) is 2. The van der Waals surface area contributed by atoms with Crippen LogP contribution in [0.4, 0.5) is 13.2 Å². The van der Waals surface area contributed by atoms with Gasteiger partial charge in [-0.1, -0.05) is 67.1 Å². The summed E-state index contributed by atoms with van der Waals surface area (Å²) < 4.78 is 59.7. The fourth-order valence-corrected chi connectivity index (χ4v) is 7.05. The number of halogens is 3. The van der Waals surface area contributed by atoms with Crippen molar-refractivity contribution in [1.29, 1.82) is 0 Å². The third kappa shape index (κ3) is 7.25. The van der Waals surface area contributed by atoms with Gasteiger partial charge in [-0.2, -0.15) is 13.2 Å². The molecule has 0 spiro atoms. The number of carbonyl (C=O) groups excluding carboxylic acids is 1. The molecule has 1 atom stereocenters. The first-order chi connectivity index (χ1) is 23.6. The minimum Gasteiger partial charge on any atom is -0.497 e. The minimum absolute atomic E-state index is 0.119. The topological polar surface area (TPSA) is 109 Å². The molecular weight excluding hydrogens is 678 g/mol. The van der Waals surface area contributed by atoms with Gasteiger partial charge in [-0.15, -0.1) is 0 Å². The summed E-state index contributed by atoms with van der Waals surface area (Å²) in [6.07, 6.45) is -1.96. The highest BCUT2D eigenvalue weighted by molar-refractivity contribution is 7.99. The van der Waals surface area contributed by atoms with Crippen molar-refractivity contribution in [2.24, 2.45) is 4.99 Å². The van der Waals surface area contributed by atoms with Crippen molar-refractivity contribution in [1.82, 2.24) is 14.5 Å². The summed E-state index contributed by atoms with van der Waals surface area (Å²) in [5, 5.41) is 0.0728. The number of furan rings is 1. The van der Waals surface area contributed by atoms with E-state index in [4.69, 9.17) is 18.9 Å². The molecule has 0 N–H and O–H groups in total. The quantitative estimate of drug-likeness (QED) is 0.115. The fraction of sp³-hybridized carbons (Fsp3) is 0.229. The average Bonchev–Trinajstić information content (AvgIpc) is 3.66. The maximum Gasteiger partial charge on any atom is 0.433 e. The Labute approximate surface area is 286 Å². The van der Waals surface area contributed by atoms with Crippen molar-refractivity contribution >= 4 is 35.1 Å². The number of nitrogens with zero attached hydrogens (tertiary/aromatic N) is 4. The summed E-state index contributed by atoms with van der Waals surface area (Å²) in [6.45, 7) is 3.83. The zero-order valence-corrected chi connectivity index (χ0v) is 28.1. The first-order valence-electron chi connectivity index (χ1n) is 15.2. The Hall–Kier alpha value is -4.95. The van der Waals surface area contributed by atoms with E-state index < -0.39 is 29.4 Å². The van der Waals surface area contributed by atoms with Crippen molar-refractivity contribution < 1.29 is 31.9 Å². The second kappa shape index (κ2) is 14.3. The Kier molecular flexibility index (Phi) is 9.88. The van der Waals surface area contributed by atoms with Crippen LogP contribution < -0.4 is 19.6 Å². The molecule has 0 radical (unpaired) electrons. The van der Waals surface area contributed by atoms with E-state index in [1.54, 1.807) is 67.6 Å². The van der Waals surface area contributed by atoms with Gasteiger partial charge in [0, 0.05) is 11.6 Å². The van der Waals surface area contributed by atoms with Crippen LogP contribution in [0.3, 0.4) is 0 Å². The standard InChI is InChI=1S/C35H29F3N4O5S2/c1-4-10-24-29(32(44)46-5-2)30(21-13-9-14-22(17-21)45-3)42-31(43)26(48-34(42)40-24)18-23-15-16-28(47-23)49-33-39-25(20-11-7-6-8-12-20)19-27(41-33)35(36,37)38/h6-9,11-19,30H,4-5,10H2,1-3H3/b26-18+/t30-/m0/s1. The first-order valence-corrected chi connectivity index (χ1v) is 16.9. The summed E-state index contributed by atoms with van der Waals surface area (Å²) in [5.74, 6) is 0.272. The lowest BCUT2D eigenvalue weighted by Gasteiger charge is -2.26. The van der Waals surface area contributed by atoms with Gasteiger partial charge in [-0.05, 0) is 61.0 Å². The number of allylic oxidation sites excluding steroid dienone is 1. The Bertz CT molecular complexity index is 2230. The average molecular weight is 707 g/mol. The Morgan fingerprint density at radius 3 is 2.57 bits per heavy atom. The van der Waals surface area contributed by atoms with E-state index in [1.165, 1.54) is 17.8 Å². The predicted molar refractivity (Wildman–Crippen MR) is 178 cm³/mol.